The third-order valence-corrected chi connectivity index (χ3v) is 1.47. The Hall–Kier alpha value is -2.28. The van der Waals surface area contributed by atoms with Gasteiger partial charge < -0.3 is 10.2 Å². The number of hydrogen-bond donors (Lipinski definition) is 2. The van der Waals surface area contributed by atoms with E-state index in [0.29, 0.717) is 11.8 Å². The second-order valence-electron chi connectivity index (χ2n) is 2.45. The first kappa shape index (κ1) is 9.81. The predicted molar refractivity (Wildman–Crippen MR) is 48.0 cm³/mol. The summed E-state index contributed by atoms with van der Waals surface area (Å²) in [4.78, 5) is 20.4. The van der Waals surface area contributed by atoms with Crippen LogP contribution in [0.1, 0.15) is 15.9 Å². The number of carboxylic acid groups (broad SMARTS) is 1. The molecule has 0 radical (unpaired) electrons. The topological polar surface area (TPSA) is 74.6 Å². The van der Waals surface area contributed by atoms with Gasteiger partial charge in [0.05, 0.1) is 5.56 Å². The van der Waals surface area contributed by atoms with E-state index < -0.39 is 5.97 Å². The lowest BCUT2D eigenvalue weighted by Crippen LogP contribution is -1.88. The SMILES string of the molecule is O=Cc1ccc(C#CC(=O)O)cc1O. The van der Waals surface area contributed by atoms with Crippen molar-refractivity contribution < 1.29 is 19.8 Å². The highest BCUT2D eigenvalue weighted by molar-refractivity contribution is 5.87. The highest BCUT2D eigenvalue weighted by Gasteiger charge is 1.99. The minimum atomic E-state index is -1.25. The van der Waals surface area contributed by atoms with Crippen LogP contribution < -0.4 is 0 Å². The molecule has 2 N–H and O–H groups in total. The molecule has 4 nitrogen and oxygen atoms in total. The molecule has 1 rings (SSSR count). The first-order chi connectivity index (χ1) is 6.63. The number of rotatable bonds is 1. The molecule has 4 heteroatoms. The largest absolute Gasteiger partial charge is 0.507 e. The Kier molecular flexibility index (Phi) is 2.87. The molecule has 14 heavy (non-hydrogen) atoms. The molecule has 1 aromatic carbocycles. The molecule has 0 aliphatic heterocycles. The smallest absolute Gasteiger partial charge is 0.382 e. The molecule has 0 aliphatic rings. The minimum absolute atomic E-state index is 0.144. The van der Waals surface area contributed by atoms with Crippen LogP contribution in [0, 0.1) is 11.8 Å². The number of carboxylic acids is 1. The summed E-state index contributed by atoms with van der Waals surface area (Å²) in [5, 5.41) is 17.5. The fourth-order valence-electron chi connectivity index (χ4n) is 0.847. The Morgan fingerprint density at radius 2 is 2.14 bits per heavy atom. The molecule has 0 saturated heterocycles. The zero-order valence-electron chi connectivity index (χ0n) is 7.02. The third-order valence-electron chi connectivity index (χ3n) is 1.47. The van der Waals surface area contributed by atoms with Crippen molar-refractivity contribution in [3.05, 3.63) is 29.3 Å². The monoisotopic (exact) mass is 190 g/mol. The van der Waals surface area contributed by atoms with Crippen molar-refractivity contribution >= 4 is 12.3 Å². The molecule has 0 spiro atoms. The van der Waals surface area contributed by atoms with Gasteiger partial charge in [0, 0.05) is 11.5 Å². The number of carbonyl (C=O) groups excluding carboxylic acids is 1. The van der Waals surface area contributed by atoms with Crippen LogP contribution in [0.25, 0.3) is 0 Å². The molecule has 0 saturated carbocycles. The highest BCUT2D eigenvalue weighted by atomic mass is 16.4. The van der Waals surface area contributed by atoms with E-state index in [1.54, 1.807) is 0 Å². The maximum Gasteiger partial charge on any atom is 0.382 e. The average Bonchev–Trinajstić information content (AvgIpc) is 2.15. The van der Waals surface area contributed by atoms with E-state index in [-0.39, 0.29) is 11.3 Å². The van der Waals surface area contributed by atoms with Gasteiger partial charge in [-0.05, 0) is 18.2 Å². The van der Waals surface area contributed by atoms with Gasteiger partial charge in [-0.25, -0.2) is 4.79 Å². The first-order valence-corrected chi connectivity index (χ1v) is 3.66. The van der Waals surface area contributed by atoms with Crippen LogP contribution in [0.4, 0.5) is 0 Å². The molecule has 70 valence electrons. The van der Waals surface area contributed by atoms with E-state index >= 15 is 0 Å². The molecule has 0 fully saturated rings. The lowest BCUT2D eigenvalue weighted by atomic mass is 10.1. The number of aromatic hydroxyl groups is 1. The van der Waals surface area contributed by atoms with Crippen molar-refractivity contribution in [3.63, 3.8) is 0 Å². The number of carbonyl (C=O) groups is 2. The van der Waals surface area contributed by atoms with E-state index in [1.165, 1.54) is 18.2 Å². The molecule has 0 aliphatic carbocycles. The summed E-state index contributed by atoms with van der Waals surface area (Å²) in [7, 11) is 0. The van der Waals surface area contributed by atoms with Gasteiger partial charge in [0.2, 0.25) is 0 Å². The van der Waals surface area contributed by atoms with Crippen molar-refractivity contribution in [1.82, 2.24) is 0 Å². The van der Waals surface area contributed by atoms with E-state index in [0.717, 1.165) is 0 Å². The molecule has 1 aromatic rings. The van der Waals surface area contributed by atoms with E-state index in [4.69, 9.17) is 5.11 Å². The van der Waals surface area contributed by atoms with Crippen LogP contribution in [-0.4, -0.2) is 22.5 Å². The molecule has 0 bridgehead atoms. The minimum Gasteiger partial charge on any atom is -0.507 e. The quantitative estimate of drug-likeness (QED) is 0.503. The number of phenols is 1. The summed E-state index contributed by atoms with van der Waals surface area (Å²) in [6.07, 6.45) is 0.504. The van der Waals surface area contributed by atoms with Gasteiger partial charge in [-0.3, -0.25) is 4.79 Å². The van der Waals surface area contributed by atoms with Gasteiger partial charge in [-0.2, -0.15) is 0 Å². The van der Waals surface area contributed by atoms with E-state index in [1.807, 2.05) is 5.92 Å². The zero-order valence-corrected chi connectivity index (χ0v) is 7.02. The Balaban J connectivity index is 3.05. The number of aldehydes is 1. The predicted octanol–water partition coefficient (Wildman–Crippen LogP) is 0.641. The second kappa shape index (κ2) is 4.10. The van der Waals surface area contributed by atoms with Gasteiger partial charge in [0.25, 0.3) is 0 Å². The fraction of sp³-hybridized carbons (Fsp3) is 0. The van der Waals surface area contributed by atoms with Gasteiger partial charge in [0.15, 0.2) is 6.29 Å². The zero-order chi connectivity index (χ0) is 10.6. The third kappa shape index (κ3) is 2.35. The van der Waals surface area contributed by atoms with Crippen LogP contribution in [0.3, 0.4) is 0 Å². The maximum atomic E-state index is 10.3. The van der Waals surface area contributed by atoms with Crippen molar-refractivity contribution in [2.45, 2.75) is 0 Å². The summed E-state index contributed by atoms with van der Waals surface area (Å²) < 4.78 is 0. The molecule has 0 heterocycles. The lowest BCUT2D eigenvalue weighted by Gasteiger charge is -1.96. The van der Waals surface area contributed by atoms with Crippen LogP contribution >= 0.6 is 0 Å². The molecule has 0 unspecified atom stereocenters. The number of benzene rings is 1. The lowest BCUT2D eigenvalue weighted by molar-refractivity contribution is -0.130. The van der Waals surface area contributed by atoms with Crippen molar-refractivity contribution in [2.24, 2.45) is 0 Å². The van der Waals surface area contributed by atoms with Gasteiger partial charge >= 0.3 is 5.97 Å². The summed E-state index contributed by atoms with van der Waals surface area (Å²) in [6.45, 7) is 0. The number of aliphatic carboxylic acids is 1. The highest BCUT2D eigenvalue weighted by Crippen LogP contribution is 2.15. The molecule has 0 aromatic heterocycles. The summed E-state index contributed by atoms with van der Waals surface area (Å²) in [5.74, 6) is 2.75. The standard InChI is InChI=1S/C10H6O4/c11-6-8-3-1-7(5-9(8)12)2-4-10(13)14/h1,3,5-6,12H,(H,13,14). The summed E-state index contributed by atoms with van der Waals surface area (Å²) >= 11 is 0. The number of phenolic OH excluding ortho intramolecular Hbond substituents is 1. The number of hydrogen-bond acceptors (Lipinski definition) is 3. The van der Waals surface area contributed by atoms with Crippen molar-refractivity contribution in [1.29, 1.82) is 0 Å². The van der Waals surface area contributed by atoms with E-state index in [9.17, 15) is 14.7 Å². The van der Waals surface area contributed by atoms with Crippen molar-refractivity contribution in [3.8, 4) is 17.6 Å². The second-order valence-corrected chi connectivity index (χ2v) is 2.45. The van der Waals surface area contributed by atoms with Gasteiger partial charge in [-0.1, -0.05) is 5.92 Å². The average molecular weight is 190 g/mol. The van der Waals surface area contributed by atoms with Crippen LogP contribution in [0.5, 0.6) is 5.75 Å². The van der Waals surface area contributed by atoms with Crippen LogP contribution in [0.15, 0.2) is 18.2 Å². The van der Waals surface area contributed by atoms with Crippen LogP contribution in [-0.2, 0) is 4.79 Å². The molecule has 0 atom stereocenters. The Labute approximate surface area is 79.8 Å². The summed E-state index contributed by atoms with van der Waals surface area (Å²) in [5.41, 5.74) is 0.487. The summed E-state index contributed by atoms with van der Waals surface area (Å²) in [6, 6.07) is 4.06. The molecular weight excluding hydrogens is 184 g/mol. The Morgan fingerprint density at radius 1 is 1.43 bits per heavy atom. The molecule has 0 amide bonds. The van der Waals surface area contributed by atoms with Crippen molar-refractivity contribution in [2.75, 3.05) is 0 Å². The van der Waals surface area contributed by atoms with Gasteiger partial charge in [0.1, 0.15) is 5.75 Å². The normalized spacial score (nSPS) is 8.57. The Bertz CT molecular complexity index is 437. The molecular formula is C10H6O4. The maximum absolute atomic E-state index is 10.3. The Morgan fingerprint density at radius 3 is 2.64 bits per heavy atom. The van der Waals surface area contributed by atoms with Gasteiger partial charge in [-0.15, -0.1) is 0 Å². The van der Waals surface area contributed by atoms with E-state index in [2.05, 4.69) is 5.92 Å². The van der Waals surface area contributed by atoms with Crippen LogP contribution in [0.2, 0.25) is 0 Å². The fourth-order valence-corrected chi connectivity index (χ4v) is 0.847. The first-order valence-electron chi connectivity index (χ1n) is 3.66.